The summed E-state index contributed by atoms with van der Waals surface area (Å²) in [5.41, 5.74) is 0.781. The van der Waals surface area contributed by atoms with Crippen LogP contribution in [0.1, 0.15) is 10.7 Å². The first-order chi connectivity index (χ1) is 10.4. The molecule has 0 aliphatic carbocycles. The van der Waals surface area contributed by atoms with Gasteiger partial charge in [0.2, 0.25) is 5.95 Å². The zero-order chi connectivity index (χ0) is 16.0. The van der Waals surface area contributed by atoms with Crippen molar-refractivity contribution in [2.75, 3.05) is 11.9 Å². The molecule has 3 aromatic heterocycles. The second-order valence-electron chi connectivity index (χ2n) is 5.18. The molecule has 8 nitrogen and oxygen atoms in total. The van der Waals surface area contributed by atoms with E-state index in [0.29, 0.717) is 23.7 Å². The van der Waals surface area contributed by atoms with Gasteiger partial charge in [-0.3, -0.25) is 14.3 Å². The van der Waals surface area contributed by atoms with Crippen molar-refractivity contribution in [2.24, 2.45) is 14.1 Å². The predicted molar refractivity (Wildman–Crippen MR) is 85.5 cm³/mol. The number of aryl methyl sites for hydroxylation is 3. The zero-order valence-corrected chi connectivity index (χ0v) is 13.6. The summed E-state index contributed by atoms with van der Waals surface area (Å²) in [6, 6.07) is 0. The van der Waals surface area contributed by atoms with Crippen LogP contribution in [0.2, 0.25) is 0 Å². The van der Waals surface area contributed by atoms with Gasteiger partial charge >= 0.3 is 5.69 Å². The van der Waals surface area contributed by atoms with Crippen molar-refractivity contribution < 1.29 is 0 Å². The van der Waals surface area contributed by atoms with Gasteiger partial charge in [-0.05, 0) is 6.92 Å². The van der Waals surface area contributed by atoms with Crippen molar-refractivity contribution in [1.29, 1.82) is 0 Å². The van der Waals surface area contributed by atoms with E-state index in [1.165, 1.54) is 4.57 Å². The molecular formula is C13H16N6O2S. The lowest BCUT2D eigenvalue weighted by Crippen LogP contribution is -2.29. The van der Waals surface area contributed by atoms with Crippen LogP contribution in [0.3, 0.4) is 0 Å². The third-order valence-electron chi connectivity index (χ3n) is 3.52. The number of nitrogens with one attached hydrogen (secondary N) is 1. The Labute approximate surface area is 129 Å². The summed E-state index contributed by atoms with van der Waals surface area (Å²) in [4.78, 5) is 36.7. The summed E-state index contributed by atoms with van der Waals surface area (Å²) in [5.74, 6) is 0.604. The molecule has 0 bridgehead atoms. The molecule has 22 heavy (non-hydrogen) atoms. The van der Waals surface area contributed by atoms with Crippen LogP contribution in [-0.4, -0.2) is 31.1 Å². The lowest BCUT2D eigenvalue weighted by Gasteiger charge is -2.16. The molecule has 0 atom stereocenters. The molecule has 9 heteroatoms. The zero-order valence-electron chi connectivity index (χ0n) is 12.7. The minimum atomic E-state index is -0.472. The Morgan fingerprint density at radius 3 is 2.64 bits per heavy atom. The van der Waals surface area contributed by atoms with E-state index in [9.17, 15) is 9.59 Å². The van der Waals surface area contributed by atoms with Gasteiger partial charge in [-0.1, -0.05) is 0 Å². The summed E-state index contributed by atoms with van der Waals surface area (Å²) >= 11 is 1.59. The summed E-state index contributed by atoms with van der Waals surface area (Å²) in [6.45, 7) is 2.53. The van der Waals surface area contributed by atoms with Crippen LogP contribution in [-0.2, 0) is 20.6 Å². The molecule has 0 saturated carbocycles. The van der Waals surface area contributed by atoms with Gasteiger partial charge < -0.3 is 9.47 Å². The maximum atomic E-state index is 12.0. The molecule has 0 unspecified atom stereocenters. The minimum Gasteiger partial charge on any atom is -0.339 e. The lowest BCUT2D eigenvalue weighted by molar-refractivity contribution is 0.803. The number of aromatic nitrogens is 5. The van der Waals surface area contributed by atoms with Crippen molar-refractivity contribution in [3.8, 4) is 0 Å². The van der Waals surface area contributed by atoms with Crippen LogP contribution in [0.5, 0.6) is 0 Å². The van der Waals surface area contributed by atoms with Crippen LogP contribution >= 0.6 is 11.3 Å². The smallest absolute Gasteiger partial charge is 0.329 e. The van der Waals surface area contributed by atoms with E-state index in [1.807, 2.05) is 24.3 Å². The molecule has 0 fully saturated rings. The van der Waals surface area contributed by atoms with Gasteiger partial charge in [-0.2, -0.15) is 4.98 Å². The van der Waals surface area contributed by atoms with Crippen LogP contribution in [0.15, 0.2) is 15.0 Å². The van der Waals surface area contributed by atoms with Gasteiger partial charge in [0.05, 0.1) is 17.2 Å². The van der Waals surface area contributed by atoms with Crippen molar-refractivity contribution in [1.82, 2.24) is 24.1 Å². The Bertz CT molecular complexity index is 963. The van der Waals surface area contributed by atoms with E-state index in [2.05, 4.69) is 15.0 Å². The molecule has 0 radical (unpaired) electrons. The Morgan fingerprint density at radius 2 is 2.00 bits per heavy atom. The van der Waals surface area contributed by atoms with Crippen LogP contribution in [0.4, 0.5) is 5.95 Å². The number of aromatic amines is 1. The number of anilines is 1. The minimum absolute atomic E-state index is 0.368. The highest BCUT2D eigenvalue weighted by molar-refractivity contribution is 7.09. The normalized spacial score (nSPS) is 11.3. The fourth-order valence-corrected chi connectivity index (χ4v) is 3.04. The molecule has 3 aromatic rings. The molecule has 0 saturated heterocycles. The number of rotatable bonds is 3. The van der Waals surface area contributed by atoms with Gasteiger partial charge in [0.15, 0.2) is 11.2 Å². The highest BCUT2D eigenvalue weighted by Crippen LogP contribution is 2.19. The molecule has 1 N–H and O–H groups in total. The molecule has 0 aliphatic heterocycles. The quantitative estimate of drug-likeness (QED) is 0.753. The average molecular weight is 320 g/mol. The summed E-state index contributed by atoms with van der Waals surface area (Å²) in [6.07, 6.45) is 0. The second kappa shape index (κ2) is 5.09. The van der Waals surface area contributed by atoms with E-state index in [0.717, 1.165) is 10.7 Å². The van der Waals surface area contributed by atoms with E-state index >= 15 is 0 Å². The largest absolute Gasteiger partial charge is 0.339 e. The van der Waals surface area contributed by atoms with E-state index in [1.54, 1.807) is 30.0 Å². The number of fused-ring (bicyclic) bond motifs is 1. The Morgan fingerprint density at radius 1 is 1.27 bits per heavy atom. The topological polar surface area (TPSA) is 88.8 Å². The van der Waals surface area contributed by atoms with Crippen molar-refractivity contribution in [3.63, 3.8) is 0 Å². The first kappa shape index (κ1) is 14.5. The van der Waals surface area contributed by atoms with Crippen LogP contribution < -0.4 is 16.1 Å². The standard InChI is InChI=1S/C13H16N6O2S/c1-7-14-8(6-22-7)5-17(2)12-15-10-9(18(12)3)11(20)16-13(21)19(10)4/h6H,5H2,1-4H3,(H,16,20,21). The van der Waals surface area contributed by atoms with Crippen LogP contribution in [0.25, 0.3) is 11.2 Å². The number of imidazole rings is 1. The van der Waals surface area contributed by atoms with E-state index in [-0.39, 0.29) is 0 Å². The maximum Gasteiger partial charge on any atom is 0.329 e. The molecule has 3 rings (SSSR count). The summed E-state index contributed by atoms with van der Waals surface area (Å²) in [7, 11) is 5.22. The molecule has 0 spiro atoms. The number of thiazole rings is 1. The van der Waals surface area contributed by atoms with Gasteiger partial charge in [0.1, 0.15) is 0 Å². The van der Waals surface area contributed by atoms with Gasteiger partial charge in [-0.15, -0.1) is 11.3 Å². The molecule has 0 aromatic carbocycles. The first-order valence-electron chi connectivity index (χ1n) is 6.66. The van der Waals surface area contributed by atoms with E-state index in [4.69, 9.17) is 0 Å². The third kappa shape index (κ3) is 2.23. The second-order valence-corrected chi connectivity index (χ2v) is 6.24. The van der Waals surface area contributed by atoms with Crippen molar-refractivity contribution in [3.05, 3.63) is 36.9 Å². The first-order valence-corrected chi connectivity index (χ1v) is 7.54. The highest BCUT2D eigenvalue weighted by Gasteiger charge is 2.18. The van der Waals surface area contributed by atoms with Gasteiger partial charge in [-0.25, -0.2) is 9.78 Å². The Kier molecular flexibility index (Phi) is 3.36. The fraction of sp³-hybridized carbons (Fsp3) is 0.385. The number of nitrogens with zero attached hydrogens (tertiary/aromatic N) is 5. The molecule has 3 heterocycles. The highest BCUT2D eigenvalue weighted by atomic mass is 32.1. The average Bonchev–Trinajstić information content (AvgIpc) is 3.00. The monoisotopic (exact) mass is 320 g/mol. The Balaban J connectivity index is 2.09. The summed E-state index contributed by atoms with van der Waals surface area (Å²) in [5, 5.41) is 3.00. The van der Waals surface area contributed by atoms with Crippen molar-refractivity contribution >= 4 is 28.4 Å². The predicted octanol–water partition coefficient (Wildman–Crippen LogP) is 0.362. The number of hydrogen-bond donors (Lipinski definition) is 1. The number of hydrogen-bond acceptors (Lipinski definition) is 6. The molecule has 116 valence electrons. The van der Waals surface area contributed by atoms with Gasteiger partial charge in [0, 0.05) is 26.5 Å². The van der Waals surface area contributed by atoms with E-state index < -0.39 is 11.2 Å². The van der Waals surface area contributed by atoms with Crippen LogP contribution in [0, 0.1) is 6.92 Å². The summed E-state index contributed by atoms with van der Waals surface area (Å²) < 4.78 is 3.02. The molecule has 0 aliphatic rings. The number of H-pyrrole nitrogens is 1. The molecule has 0 amide bonds. The molecular weight excluding hydrogens is 304 g/mol. The Hall–Kier alpha value is -2.42. The van der Waals surface area contributed by atoms with Crippen molar-refractivity contribution in [2.45, 2.75) is 13.5 Å². The van der Waals surface area contributed by atoms with Gasteiger partial charge in [0.25, 0.3) is 5.56 Å². The fourth-order valence-electron chi connectivity index (χ4n) is 2.43. The maximum absolute atomic E-state index is 12.0. The SMILES string of the molecule is Cc1nc(CN(C)c2nc3c(c(=O)[nH]c(=O)n3C)n2C)cs1. The lowest BCUT2D eigenvalue weighted by atomic mass is 10.4. The third-order valence-corrected chi connectivity index (χ3v) is 4.34.